The Kier molecular flexibility index (Phi) is 6.00. The first kappa shape index (κ1) is 14.3. The largest absolute Gasteiger partial charge is 0.497 e. The molecule has 5 heteroatoms. The molecule has 0 aliphatic heterocycles. The van der Waals surface area contributed by atoms with Crippen LogP contribution in [0.25, 0.3) is 0 Å². The van der Waals surface area contributed by atoms with Gasteiger partial charge in [0.05, 0.1) is 7.11 Å². The highest BCUT2D eigenvalue weighted by Gasteiger charge is 2.02. The zero-order valence-corrected chi connectivity index (χ0v) is 11.0. The van der Waals surface area contributed by atoms with E-state index in [4.69, 9.17) is 15.7 Å². The summed E-state index contributed by atoms with van der Waals surface area (Å²) < 4.78 is 5.11. The van der Waals surface area contributed by atoms with Gasteiger partial charge in [0.1, 0.15) is 11.6 Å². The topological polar surface area (TPSA) is 71.1 Å². The number of benzene rings is 1. The van der Waals surface area contributed by atoms with Crippen molar-refractivity contribution in [3.8, 4) is 5.75 Å². The molecule has 0 heterocycles. The molecule has 1 aromatic rings. The normalized spacial score (nSPS) is 11.8. The van der Waals surface area contributed by atoms with Crippen LogP contribution in [0.1, 0.15) is 18.4 Å². The molecule has 3 N–H and O–H groups in total. The fraction of sp³-hybridized carbons (Fsp3) is 0.462. The maximum Gasteiger partial charge on any atom is 0.139 e. The van der Waals surface area contributed by atoms with Crippen LogP contribution in [0.15, 0.2) is 29.4 Å². The second-order valence-electron chi connectivity index (χ2n) is 4.28. The van der Waals surface area contributed by atoms with Gasteiger partial charge in [-0.1, -0.05) is 17.3 Å². The quantitative estimate of drug-likeness (QED) is 0.334. The number of hydrogen-bond donors (Lipinski definition) is 2. The van der Waals surface area contributed by atoms with Crippen molar-refractivity contribution in [3.63, 3.8) is 0 Å². The van der Waals surface area contributed by atoms with Gasteiger partial charge in [0.2, 0.25) is 0 Å². The molecule has 0 unspecified atom stereocenters. The van der Waals surface area contributed by atoms with Gasteiger partial charge >= 0.3 is 0 Å². The maximum absolute atomic E-state index is 8.42. The fourth-order valence-corrected chi connectivity index (χ4v) is 1.70. The Balaban J connectivity index is 2.32. The number of methoxy groups -OCH3 is 1. The number of amidine groups is 1. The molecule has 0 aliphatic carbocycles. The Labute approximate surface area is 108 Å². The van der Waals surface area contributed by atoms with E-state index in [2.05, 4.69) is 29.2 Å². The maximum atomic E-state index is 8.42. The first-order valence-corrected chi connectivity index (χ1v) is 5.93. The number of nitrogens with two attached hydrogens (primary N) is 1. The molecule has 0 aliphatic rings. The van der Waals surface area contributed by atoms with E-state index in [0.717, 1.165) is 25.3 Å². The van der Waals surface area contributed by atoms with Gasteiger partial charge in [0.15, 0.2) is 0 Å². The van der Waals surface area contributed by atoms with Crippen LogP contribution in [0.2, 0.25) is 0 Å². The predicted octanol–water partition coefficient (Wildman–Crippen LogP) is 1.65. The van der Waals surface area contributed by atoms with Crippen molar-refractivity contribution in [2.24, 2.45) is 10.9 Å². The monoisotopic (exact) mass is 251 g/mol. The summed E-state index contributed by atoms with van der Waals surface area (Å²) in [6.45, 7) is 1.78. The average molecular weight is 251 g/mol. The van der Waals surface area contributed by atoms with Crippen molar-refractivity contribution in [2.75, 3.05) is 20.7 Å². The lowest BCUT2D eigenvalue weighted by Gasteiger charge is -2.16. The lowest BCUT2D eigenvalue weighted by molar-refractivity contribution is 0.311. The summed E-state index contributed by atoms with van der Waals surface area (Å²) in [5.41, 5.74) is 6.65. The smallest absolute Gasteiger partial charge is 0.139 e. The molecule has 0 radical (unpaired) electrons. The number of rotatable bonds is 7. The van der Waals surface area contributed by atoms with Gasteiger partial charge in [-0.3, -0.25) is 0 Å². The minimum atomic E-state index is 0.285. The summed E-state index contributed by atoms with van der Waals surface area (Å²) in [6.07, 6.45) is 1.49. The molecule has 18 heavy (non-hydrogen) atoms. The molecule has 0 aromatic heterocycles. The average Bonchev–Trinajstić information content (AvgIpc) is 2.39. The molecule has 0 saturated carbocycles. The number of hydrogen-bond acceptors (Lipinski definition) is 4. The van der Waals surface area contributed by atoms with Gasteiger partial charge in [-0.2, -0.15) is 0 Å². The number of nitrogens with zero attached hydrogens (tertiary/aromatic N) is 2. The van der Waals surface area contributed by atoms with Gasteiger partial charge in [-0.15, -0.1) is 0 Å². The molecule has 100 valence electrons. The van der Waals surface area contributed by atoms with Crippen LogP contribution in [-0.2, 0) is 6.54 Å². The molecule has 1 aromatic carbocycles. The predicted molar refractivity (Wildman–Crippen MR) is 72.0 cm³/mol. The lowest BCUT2D eigenvalue weighted by Crippen LogP contribution is -2.21. The molecule has 0 atom stereocenters. The van der Waals surface area contributed by atoms with Gasteiger partial charge in [0.25, 0.3) is 0 Å². The number of oxime groups is 1. The zero-order valence-electron chi connectivity index (χ0n) is 11.0. The zero-order chi connectivity index (χ0) is 13.4. The van der Waals surface area contributed by atoms with E-state index in [0.29, 0.717) is 6.42 Å². The van der Waals surface area contributed by atoms with Gasteiger partial charge in [-0.25, -0.2) is 0 Å². The van der Waals surface area contributed by atoms with Crippen LogP contribution in [0.5, 0.6) is 5.75 Å². The molecule has 0 fully saturated rings. The van der Waals surface area contributed by atoms with Crippen molar-refractivity contribution in [1.29, 1.82) is 0 Å². The Morgan fingerprint density at radius 2 is 2.06 bits per heavy atom. The van der Waals surface area contributed by atoms with Gasteiger partial charge < -0.3 is 20.6 Å². The van der Waals surface area contributed by atoms with Crippen molar-refractivity contribution >= 4 is 5.84 Å². The second kappa shape index (κ2) is 7.55. The van der Waals surface area contributed by atoms with E-state index in [1.54, 1.807) is 7.11 Å². The Morgan fingerprint density at radius 1 is 1.39 bits per heavy atom. The van der Waals surface area contributed by atoms with E-state index < -0.39 is 0 Å². The highest BCUT2D eigenvalue weighted by atomic mass is 16.5. The third-order valence-corrected chi connectivity index (χ3v) is 2.71. The summed E-state index contributed by atoms with van der Waals surface area (Å²) >= 11 is 0. The van der Waals surface area contributed by atoms with Crippen LogP contribution in [0, 0.1) is 0 Å². The summed E-state index contributed by atoms with van der Waals surface area (Å²) in [5, 5.41) is 11.4. The van der Waals surface area contributed by atoms with Crippen molar-refractivity contribution in [3.05, 3.63) is 29.8 Å². The van der Waals surface area contributed by atoms with E-state index in [1.165, 1.54) is 5.56 Å². The standard InChI is InChI=1S/C13H21N3O2/c1-16(9-3-4-13(14)15-17)10-11-5-7-12(18-2)8-6-11/h5-8,17H,3-4,9-10H2,1-2H3,(H2,14,15). The lowest BCUT2D eigenvalue weighted by atomic mass is 10.2. The minimum absolute atomic E-state index is 0.285. The van der Waals surface area contributed by atoms with E-state index in [1.807, 2.05) is 12.1 Å². The Bertz CT molecular complexity index is 376. The van der Waals surface area contributed by atoms with Crippen LogP contribution >= 0.6 is 0 Å². The molecule has 0 saturated heterocycles. The van der Waals surface area contributed by atoms with Crippen LogP contribution in [-0.4, -0.2) is 36.6 Å². The van der Waals surface area contributed by atoms with E-state index >= 15 is 0 Å². The summed E-state index contributed by atoms with van der Waals surface area (Å²) in [4.78, 5) is 2.20. The third kappa shape index (κ3) is 5.05. The van der Waals surface area contributed by atoms with Gasteiger partial charge in [-0.05, 0) is 37.7 Å². The SMILES string of the molecule is COc1ccc(CN(C)CCC/C(N)=N/O)cc1. The first-order valence-electron chi connectivity index (χ1n) is 5.93. The van der Waals surface area contributed by atoms with Crippen LogP contribution in [0.3, 0.4) is 0 Å². The van der Waals surface area contributed by atoms with E-state index in [9.17, 15) is 0 Å². The fourth-order valence-electron chi connectivity index (χ4n) is 1.70. The van der Waals surface area contributed by atoms with Gasteiger partial charge in [0, 0.05) is 13.0 Å². The number of ether oxygens (including phenoxy) is 1. The molecule has 5 nitrogen and oxygen atoms in total. The third-order valence-electron chi connectivity index (χ3n) is 2.71. The summed E-state index contributed by atoms with van der Waals surface area (Å²) in [6, 6.07) is 8.02. The highest BCUT2D eigenvalue weighted by molar-refractivity contribution is 5.79. The van der Waals surface area contributed by atoms with Crippen LogP contribution in [0.4, 0.5) is 0 Å². The second-order valence-corrected chi connectivity index (χ2v) is 4.28. The van der Waals surface area contributed by atoms with Crippen molar-refractivity contribution in [1.82, 2.24) is 4.90 Å². The molecule has 1 rings (SSSR count). The minimum Gasteiger partial charge on any atom is -0.497 e. The summed E-state index contributed by atoms with van der Waals surface area (Å²) in [5.74, 6) is 1.15. The highest BCUT2D eigenvalue weighted by Crippen LogP contribution is 2.12. The van der Waals surface area contributed by atoms with E-state index in [-0.39, 0.29) is 5.84 Å². The summed E-state index contributed by atoms with van der Waals surface area (Å²) in [7, 11) is 3.71. The molecule has 0 spiro atoms. The molecular weight excluding hydrogens is 230 g/mol. The van der Waals surface area contributed by atoms with Crippen LogP contribution < -0.4 is 10.5 Å². The first-order chi connectivity index (χ1) is 8.65. The Hall–Kier alpha value is -1.75. The molecule has 0 amide bonds. The van der Waals surface area contributed by atoms with Crippen molar-refractivity contribution < 1.29 is 9.94 Å². The molecular formula is C13H21N3O2. The Morgan fingerprint density at radius 3 is 2.61 bits per heavy atom. The van der Waals surface area contributed by atoms with Crippen molar-refractivity contribution in [2.45, 2.75) is 19.4 Å². The molecule has 0 bridgehead atoms.